The van der Waals surface area contributed by atoms with Crippen molar-refractivity contribution in [3.8, 4) is 0 Å². The van der Waals surface area contributed by atoms with Crippen molar-refractivity contribution in [2.45, 2.75) is 33.6 Å². The number of carbonyl (C=O) groups excluding carboxylic acids is 1. The number of anilines is 3. The minimum absolute atomic E-state index is 0.118. The Labute approximate surface area is 182 Å². The number of piperazine rings is 1. The molecule has 0 unspecified atom stereocenters. The fraction of sp³-hybridized carbons (Fsp3) is 0.542. The molecule has 7 nitrogen and oxygen atoms in total. The van der Waals surface area contributed by atoms with Crippen molar-refractivity contribution in [2.24, 2.45) is 5.92 Å². The lowest BCUT2D eigenvalue weighted by molar-refractivity contribution is -0.148. The molecule has 2 aliphatic heterocycles. The van der Waals surface area contributed by atoms with Crippen molar-refractivity contribution in [3.63, 3.8) is 0 Å². The standard InChI is InChI=1S/C24H31N3O4/c1-4-31-24(30)18-7-9-26(10-8-18)20-21(23(29)22(20)28)27-13-11-25(12-14-27)19-15-16(2)5-6-17(19)3/h5-6,15,18H,4,7-14H2,1-3H3. The molecule has 0 aliphatic carbocycles. The van der Waals surface area contributed by atoms with Crippen LogP contribution in [-0.4, -0.2) is 51.8 Å². The minimum atomic E-state index is -0.387. The van der Waals surface area contributed by atoms with E-state index in [1.165, 1.54) is 16.8 Å². The van der Waals surface area contributed by atoms with Gasteiger partial charge in [0.25, 0.3) is 10.9 Å². The molecule has 2 fully saturated rings. The predicted molar refractivity (Wildman–Crippen MR) is 123 cm³/mol. The molecule has 7 heteroatoms. The highest BCUT2D eigenvalue weighted by Crippen LogP contribution is 2.31. The fourth-order valence-electron chi connectivity index (χ4n) is 4.78. The molecule has 0 radical (unpaired) electrons. The summed E-state index contributed by atoms with van der Waals surface area (Å²) in [5.74, 6) is -0.276. The minimum Gasteiger partial charge on any atom is -0.466 e. The first-order valence-electron chi connectivity index (χ1n) is 11.2. The summed E-state index contributed by atoms with van der Waals surface area (Å²) in [5, 5.41) is 0. The smallest absolute Gasteiger partial charge is 0.309 e. The summed E-state index contributed by atoms with van der Waals surface area (Å²) >= 11 is 0. The first-order chi connectivity index (χ1) is 14.9. The molecule has 2 aliphatic rings. The van der Waals surface area contributed by atoms with Crippen LogP contribution in [0.4, 0.5) is 17.1 Å². The molecule has 166 valence electrons. The molecule has 0 saturated carbocycles. The SMILES string of the molecule is CCOC(=O)C1CCN(c2c(N3CCN(c4cc(C)ccc4C)CC3)c(=O)c2=O)CC1. The van der Waals surface area contributed by atoms with E-state index >= 15 is 0 Å². The van der Waals surface area contributed by atoms with Crippen molar-refractivity contribution in [3.05, 3.63) is 49.8 Å². The first kappa shape index (κ1) is 21.4. The highest BCUT2D eigenvalue weighted by atomic mass is 16.5. The Morgan fingerprint density at radius 1 is 0.903 bits per heavy atom. The van der Waals surface area contributed by atoms with Crippen LogP contribution < -0.4 is 25.6 Å². The van der Waals surface area contributed by atoms with Crippen LogP contribution in [0.5, 0.6) is 0 Å². The largest absolute Gasteiger partial charge is 0.466 e. The molecule has 2 saturated heterocycles. The van der Waals surface area contributed by atoms with E-state index in [-0.39, 0.29) is 22.7 Å². The summed E-state index contributed by atoms with van der Waals surface area (Å²) in [7, 11) is 0. The summed E-state index contributed by atoms with van der Waals surface area (Å²) < 4.78 is 5.13. The van der Waals surface area contributed by atoms with Gasteiger partial charge in [0.1, 0.15) is 11.4 Å². The molecular formula is C24H31N3O4. The molecule has 0 amide bonds. The normalized spacial score (nSPS) is 18.0. The van der Waals surface area contributed by atoms with Crippen molar-refractivity contribution >= 4 is 23.0 Å². The lowest BCUT2D eigenvalue weighted by Crippen LogP contribution is -2.54. The Morgan fingerprint density at radius 2 is 1.45 bits per heavy atom. The Morgan fingerprint density at radius 3 is 2.03 bits per heavy atom. The summed E-state index contributed by atoms with van der Waals surface area (Å²) in [5.41, 5.74) is 4.08. The zero-order chi connectivity index (χ0) is 22.1. The molecule has 2 aromatic carbocycles. The number of hydrogen-bond donors (Lipinski definition) is 0. The second kappa shape index (κ2) is 8.73. The molecular weight excluding hydrogens is 394 g/mol. The van der Waals surface area contributed by atoms with Gasteiger partial charge in [-0.3, -0.25) is 14.4 Å². The summed E-state index contributed by atoms with van der Waals surface area (Å²) in [4.78, 5) is 43.3. The van der Waals surface area contributed by atoms with E-state index in [0.29, 0.717) is 57.0 Å². The van der Waals surface area contributed by atoms with Gasteiger partial charge in [-0.05, 0) is 50.8 Å². The van der Waals surface area contributed by atoms with E-state index in [0.717, 1.165) is 13.1 Å². The number of rotatable bonds is 5. The Bertz CT molecular complexity index is 1020. The quantitative estimate of drug-likeness (QED) is 0.536. The lowest BCUT2D eigenvalue weighted by Gasteiger charge is -2.41. The average molecular weight is 426 g/mol. The van der Waals surface area contributed by atoms with Crippen molar-refractivity contribution in [2.75, 3.05) is 60.6 Å². The van der Waals surface area contributed by atoms with Gasteiger partial charge in [-0.15, -0.1) is 0 Å². The van der Waals surface area contributed by atoms with Crippen molar-refractivity contribution in [1.82, 2.24) is 0 Å². The van der Waals surface area contributed by atoms with E-state index < -0.39 is 0 Å². The van der Waals surface area contributed by atoms with Gasteiger partial charge in [-0.1, -0.05) is 12.1 Å². The molecule has 0 atom stereocenters. The van der Waals surface area contributed by atoms with Crippen molar-refractivity contribution < 1.29 is 9.53 Å². The summed E-state index contributed by atoms with van der Waals surface area (Å²) in [6, 6.07) is 6.48. The van der Waals surface area contributed by atoms with E-state index in [4.69, 9.17) is 4.74 Å². The maximum Gasteiger partial charge on any atom is 0.309 e. The lowest BCUT2D eigenvalue weighted by atomic mass is 9.95. The second-order valence-corrected chi connectivity index (χ2v) is 8.63. The number of nitrogens with zero attached hydrogens (tertiary/aromatic N) is 3. The van der Waals surface area contributed by atoms with Crippen LogP contribution in [0.25, 0.3) is 0 Å². The zero-order valence-corrected chi connectivity index (χ0v) is 18.6. The molecule has 0 N–H and O–H groups in total. The fourth-order valence-corrected chi connectivity index (χ4v) is 4.78. The van der Waals surface area contributed by atoms with Gasteiger partial charge in [-0.2, -0.15) is 0 Å². The average Bonchev–Trinajstić information content (AvgIpc) is 2.79. The molecule has 2 aromatic rings. The summed E-state index contributed by atoms with van der Waals surface area (Å²) in [6.45, 7) is 10.7. The molecule has 2 heterocycles. The van der Waals surface area contributed by atoms with Gasteiger partial charge in [0, 0.05) is 45.0 Å². The number of carbonyl (C=O) groups is 1. The molecule has 0 bridgehead atoms. The van der Waals surface area contributed by atoms with Crippen molar-refractivity contribution in [1.29, 1.82) is 0 Å². The van der Waals surface area contributed by atoms with Crippen LogP contribution in [0, 0.1) is 19.8 Å². The maximum absolute atomic E-state index is 12.5. The number of benzene rings is 1. The highest BCUT2D eigenvalue weighted by Gasteiger charge is 2.35. The van der Waals surface area contributed by atoms with Gasteiger partial charge in [-0.25, -0.2) is 0 Å². The van der Waals surface area contributed by atoms with Crippen LogP contribution >= 0.6 is 0 Å². The van der Waals surface area contributed by atoms with Crippen LogP contribution in [-0.2, 0) is 9.53 Å². The van der Waals surface area contributed by atoms with Gasteiger partial charge in [0.2, 0.25) is 0 Å². The number of hydrogen-bond acceptors (Lipinski definition) is 7. The third kappa shape index (κ3) is 4.05. The van der Waals surface area contributed by atoms with E-state index in [9.17, 15) is 14.4 Å². The van der Waals surface area contributed by atoms with E-state index in [1.54, 1.807) is 0 Å². The van der Waals surface area contributed by atoms with Gasteiger partial charge in [0.15, 0.2) is 0 Å². The van der Waals surface area contributed by atoms with Crippen LogP contribution in [0.1, 0.15) is 30.9 Å². The zero-order valence-electron chi connectivity index (χ0n) is 18.6. The summed E-state index contributed by atoms with van der Waals surface area (Å²) in [6.07, 6.45) is 1.30. The highest BCUT2D eigenvalue weighted by molar-refractivity contribution is 5.78. The number of ether oxygens (including phenoxy) is 1. The van der Waals surface area contributed by atoms with Crippen LogP contribution in [0.15, 0.2) is 27.8 Å². The van der Waals surface area contributed by atoms with Gasteiger partial charge < -0.3 is 19.4 Å². The van der Waals surface area contributed by atoms with Crippen LogP contribution in [0.2, 0.25) is 0 Å². The molecule has 0 aromatic heterocycles. The topological polar surface area (TPSA) is 70.2 Å². The number of esters is 1. The monoisotopic (exact) mass is 425 g/mol. The maximum atomic E-state index is 12.5. The Balaban J connectivity index is 1.43. The van der Waals surface area contributed by atoms with Crippen LogP contribution in [0.3, 0.4) is 0 Å². The first-order valence-corrected chi connectivity index (χ1v) is 11.2. The molecule has 31 heavy (non-hydrogen) atoms. The molecule has 0 spiro atoms. The third-order valence-electron chi connectivity index (χ3n) is 6.59. The van der Waals surface area contributed by atoms with Gasteiger partial charge >= 0.3 is 5.97 Å². The number of aryl methyl sites for hydroxylation is 2. The molecule has 4 rings (SSSR count). The predicted octanol–water partition coefficient (Wildman–Crippen LogP) is 2.01. The second-order valence-electron chi connectivity index (χ2n) is 8.63. The van der Waals surface area contributed by atoms with E-state index in [1.807, 2.05) is 11.8 Å². The number of piperidine rings is 1. The third-order valence-corrected chi connectivity index (χ3v) is 6.59. The Hall–Kier alpha value is -2.83. The Kier molecular flexibility index (Phi) is 6.03. The van der Waals surface area contributed by atoms with E-state index in [2.05, 4.69) is 41.8 Å². The van der Waals surface area contributed by atoms with Gasteiger partial charge in [0.05, 0.1) is 12.5 Å².